The summed E-state index contributed by atoms with van der Waals surface area (Å²) in [6, 6.07) is 7.28. The van der Waals surface area contributed by atoms with E-state index < -0.39 is 0 Å². The summed E-state index contributed by atoms with van der Waals surface area (Å²) in [4.78, 5) is 13.7. The third kappa shape index (κ3) is 1.95. The van der Waals surface area contributed by atoms with Gasteiger partial charge in [0.15, 0.2) is 0 Å². The monoisotopic (exact) mass is 219 g/mol. The van der Waals surface area contributed by atoms with Crippen molar-refractivity contribution in [2.75, 3.05) is 7.11 Å². The Kier molecular flexibility index (Phi) is 2.72. The molecule has 0 saturated heterocycles. The van der Waals surface area contributed by atoms with Gasteiger partial charge >= 0.3 is 0 Å². The lowest BCUT2D eigenvalue weighted by Gasteiger charge is -2.07. The Morgan fingerprint density at radius 2 is 2.06 bits per heavy atom. The zero-order valence-electron chi connectivity index (χ0n) is 8.66. The van der Waals surface area contributed by atoms with Crippen LogP contribution in [0.3, 0.4) is 0 Å². The molecule has 3 nitrogen and oxygen atoms in total. The van der Waals surface area contributed by atoms with Gasteiger partial charge in [-0.2, -0.15) is 0 Å². The number of ether oxygens (including phenoxy) is 1. The Bertz CT molecular complexity index is 563. The molecule has 0 amide bonds. The van der Waals surface area contributed by atoms with Crippen molar-refractivity contribution in [2.45, 2.75) is 0 Å². The predicted molar refractivity (Wildman–Crippen MR) is 59.0 cm³/mol. The standard InChI is InChI=1S/C12H10FNO2/c1-16-11-3-2-9(13)7-10(11)8-4-5-14-12(15)6-8/h2-7H,1H3,(H,14,15). The molecule has 0 fully saturated rings. The van der Waals surface area contributed by atoms with E-state index in [1.807, 2.05) is 0 Å². The number of halogens is 1. The number of methoxy groups -OCH3 is 1. The van der Waals surface area contributed by atoms with Gasteiger partial charge in [-0.25, -0.2) is 4.39 Å². The third-order valence-corrected chi connectivity index (χ3v) is 2.25. The van der Waals surface area contributed by atoms with E-state index >= 15 is 0 Å². The van der Waals surface area contributed by atoms with Crippen LogP contribution in [0.4, 0.5) is 4.39 Å². The maximum atomic E-state index is 13.1. The number of hydrogen-bond acceptors (Lipinski definition) is 2. The van der Waals surface area contributed by atoms with Crippen LogP contribution in [0, 0.1) is 5.82 Å². The molecule has 0 radical (unpaired) electrons. The minimum Gasteiger partial charge on any atom is -0.496 e. The number of aromatic amines is 1. The Hall–Kier alpha value is -2.10. The van der Waals surface area contributed by atoms with Crippen LogP contribution in [-0.2, 0) is 0 Å². The van der Waals surface area contributed by atoms with Gasteiger partial charge in [0.1, 0.15) is 11.6 Å². The normalized spacial score (nSPS) is 10.1. The van der Waals surface area contributed by atoms with E-state index in [4.69, 9.17) is 4.74 Å². The third-order valence-electron chi connectivity index (χ3n) is 2.25. The fourth-order valence-corrected chi connectivity index (χ4v) is 1.52. The maximum Gasteiger partial charge on any atom is 0.248 e. The molecule has 0 aliphatic rings. The van der Waals surface area contributed by atoms with E-state index in [2.05, 4.69) is 4.98 Å². The van der Waals surface area contributed by atoms with E-state index in [0.717, 1.165) is 0 Å². The molecule has 0 atom stereocenters. The highest BCUT2D eigenvalue weighted by Gasteiger charge is 2.07. The Morgan fingerprint density at radius 3 is 2.75 bits per heavy atom. The van der Waals surface area contributed by atoms with Gasteiger partial charge in [-0.05, 0) is 29.8 Å². The summed E-state index contributed by atoms with van der Waals surface area (Å²) in [5, 5.41) is 0. The van der Waals surface area contributed by atoms with Gasteiger partial charge in [0.05, 0.1) is 7.11 Å². The Labute approximate surface area is 91.5 Å². The van der Waals surface area contributed by atoms with E-state index in [0.29, 0.717) is 16.9 Å². The number of hydrogen-bond donors (Lipinski definition) is 1. The second-order valence-electron chi connectivity index (χ2n) is 3.29. The molecule has 0 unspecified atom stereocenters. The first-order valence-electron chi connectivity index (χ1n) is 4.73. The van der Waals surface area contributed by atoms with Gasteiger partial charge in [-0.3, -0.25) is 4.79 Å². The van der Waals surface area contributed by atoms with Crippen molar-refractivity contribution < 1.29 is 9.13 Å². The Balaban J connectivity index is 2.62. The fraction of sp³-hybridized carbons (Fsp3) is 0.0833. The quantitative estimate of drug-likeness (QED) is 0.841. The van der Waals surface area contributed by atoms with Crippen LogP contribution in [0.2, 0.25) is 0 Å². The van der Waals surface area contributed by atoms with Gasteiger partial charge in [0.2, 0.25) is 5.56 Å². The molecule has 0 bridgehead atoms. The number of H-pyrrole nitrogens is 1. The lowest BCUT2D eigenvalue weighted by molar-refractivity contribution is 0.415. The van der Waals surface area contributed by atoms with Gasteiger partial charge in [-0.15, -0.1) is 0 Å². The average Bonchev–Trinajstić information content (AvgIpc) is 2.29. The number of benzene rings is 1. The van der Waals surface area contributed by atoms with Crippen molar-refractivity contribution >= 4 is 0 Å². The van der Waals surface area contributed by atoms with Crippen LogP contribution in [0.25, 0.3) is 11.1 Å². The number of pyridine rings is 1. The molecule has 16 heavy (non-hydrogen) atoms. The minimum absolute atomic E-state index is 0.233. The summed E-state index contributed by atoms with van der Waals surface area (Å²) in [5.74, 6) is 0.170. The second kappa shape index (κ2) is 4.18. The molecule has 0 aliphatic heterocycles. The van der Waals surface area contributed by atoms with Crippen LogP contribution < -0.4 is 10.3 Å². The summed E-state index contributed by atoms with van der Waals surface area (Å²) in [5.41, 5.74) is 0.956. The van der Waals surface area contributed by atoms with E-state index in [-0.39, 0.29) is 11.4 Å². The summed E-state index contributed by atoms with van der Waals surface area (Å²) in [7, 11) is 1.50. The van der Waals surface area contributed by atoms with Crippen molar-refractivity contribution in [3.05, 3.63) is 52.7 Å². The summed E-state index contributed by atoms with van der Waals surface area (Å²) >= 11 is 0. The zero-order valence-corrected chi connectivity index (χ0v) is 8.66. The molecular formula is C12H10FNO2. The van der Waals surface area contributed by atoms with E-state index in [1.54, 1.807) is 6.07 Å². The summed E-state index contributed by atoms with van der Waals surface area (Å²) in [6.45, 7) is 0. The first kappa shape index (κ1) is 10.4. The highest BCUT2D eigenvalue weighted by molar-refractivity contribution is 5.69. The van der Waals surface area contributed by atoms with Gasteiger partial charge in [0.25, 0.3) is 0 Å². The molecule has 4 heteroatoms. The van der Waals surface area contributed by atoms with Crippen LogP contribution in [0.1, 0.15) is 0 Å². The lowest BCUT2D eigenvalue weighted by atomic mass is 10.1. The van der Waals surface area contributed by atoms with Crippen molar-refractivity contribution in [2.24, 2.45) is 0 Å². The SMILES string of the molecule is COc1ccc(F)cc1-c1cc[nH]c(=O)c1. The predicted octanol–water partition coefficient (Wildman–Crippen LogP) is 2.19. The van der Waals surface area contributed by atoms with E-state index in [9.17, 15) is 9.18 Å². The smallest absolute Gasteiger partial charge is 0.248 e. The molecule has 0 saturated carbocycles. The number of aromatic nitrogens is 1. The Morgan fingerprint density at radius 1 is 1.25 bits per heavy atom. The molecule has 1 N–H and O–H groups in total. The van der Waals surface area contributed by atoms with Gasteiger partial charge < -0.3 is 9.72 Å². The first-order valence-corrected chi connectivity index (χ1v) is 4.73. The van der Waals surface area contributed by atoms with Crippen LogP contribution >= 0.6 is 0 Å². The molecule has 1 aromatic carbocycles. The minimum atomic E-state index is -0.365. The highest BCUT2D eigenvalue weighted by atomic mass is 19.1. The number of rotatable bonds is 2. The van der Waals surface area contributed by atoms with Crippen molar-refractivity contribution in [3.63, 3.8) is 0 Å². The molecule has 0 aliphatic carbocycles. The van der Waals surface area contributed by atoms with Crippen LogP contribution in [0.15, 0.2) is 41.3 Å². The molecular weight excluding hydrogens is 209 g/mol. The molecule has 1 aromatic heterocycles. The highest BCUT2D eigenvalue weighted by Crippen LogP contribution is 2.29. The fourth-order valence-electron chi connectivity index (χ4n) is 1.52. The second-order valence-corrected chi connectivity index (χ2v) is 3.29. The zero-order chi connectivity index (χ0) is 11.5. The number of nitrogens with one attached hydrogen (secondary N) is 1. The van der Waals surface area contributed by atoms with Gasteiger partial charge in [-0.1, -0.05) is 0 Å². The van der Waals surface area contributed by atoms with Crippen molar-refractivity contribution in [1.29, 1.82) is 0 Å². The van der Waals surface area contributed by atoms with Crippen LogP contribution in [0.5, 0.6) is 5.75 Å². The molecule has 0 spiro atoms. The van der Waals surface area contributed by atoms with Gasteiger partial charge in [0, 0.05) is 17.8 Å². The largest absolute Gasteiger partial charge is 0.496 e. The van der Waals surface area contributed by atoms with Crippen molar-refractivity contribution in [1.82, 2.24) is 4.98 Å². The average molecular weight is 219 g/mol. The molecule has 2 aromatic rings. The summed E-state index contributed by atoms with van der Waals surface area (Å²) < 4.78 is 18.2. The molecule has 2 rings (SSSR count). The topological polar surface area (TPSA) is 42.1 Å². The summed E-state index contributed by atoms with van der Waals surface area (Å²) in [6.07, 6.45) is 1.52. The maximum absolute atomic E-state index is 13.1. The van der Waals surface area contributed by atoms with Crippen molar-refractivity contribution in [3.8, 4) is 16.9 Å². The molecule has 82 valence electrons. The lowest BCUT2D eigenvalue weighted by Crippen LogP contribution is -2.02. The van der Waals surface area contributed by atoms with Crippen LogP contribution in [-0.4, -0.2) is 12.1 Å². The molecule has 1 heterocycles. The first-order chi connectivity index (χ1) is 7.70. The van der Waals surface area contributed by atoms with E-state index in [1.165, 1.54) is 37.6 Å².